The molecular formula is C29H31F2N7O2. The van der Waals surface area contributed by atoms with E-state index in [2.05, 4.69) is 27.3 Å². The fraction of sp³-hybridized carbons (Fsp3) is 0.345. The van der Waals surface area contributed by atoms with Crippen LogP contribution in [0.25, 0.3) is 5.65 Å². The Hall–Kier alpha value is -4.25. The number of ether oxygens (including phenoxy) is 1. The molecule has 1 amide bonds. The number of piperazine rings is 1. The van der Waals surface area contributed by atoms with Crippen LogP contribution in [0.1, 0.15) is 34.8 Å². The van der Waals surface area contributed by atoms with E-state index in [0.717, 1.165) is 50.4 Å². The van der Waals surface area contributed by atoms with Crippen molar-refractivity contribution < 1.29 is 18.3 Å². The van der Waals surface area contributed by atoms with Crippen LogP contribution in [-0.4, -0.2) is 72.3 Å². The average molecular weight is 548 g/mol. The van der Waals surface area contributed by atoms with E-state index in [0.29, 0.717) is 47.0 Å². The maximum absolute atomic E-state index is 14.6. The largest absolute Gasteiger partial charge is 0.496 e. The molecule has 0 radical (unpaired) electrons. The van der Waals surface area contributed by atoms with Crippen molar-refractivity contribution in [1.82, 2.24) is 19.5 Å². The zero-order valence-corrected chi connectivity index (χ0v) is 22.5. The van der Waals surface area contributed by atoms with E-state index >= 15 is 0 Å². The number of amides is 1. The molecule has 4 heterocycles. The number of nitrogens with one attached hydrogen (secondary N) is 1. The third-order valence-electron chi connectivity index (χ3n) is 7.76. The van der Waals surface area contributed by atoms with Gasteiger partial charge in [-0.2, -0.15) is 5.10 Å². The van der Waals surface area contributed by atoms with Crippen molar-refractivity contribution in [3.05, 3.63) is 77.6 Å². The first-order valence-corrected chi connectivity index (χ1v) is 13.4. The number of fused-ring (bicyclic) bond motifs is 1. The summed E-state index contributed by atoms with van der Waals surface area (Å²) in [6, 6.07) is 10.6. The van der Waals surface area contributed by atoms with Crippen LogP contribution < -0.4 is 19.9 Å². The molecular weight excluding hydrogens is 516 g/mol. The molecule has 0 spiro atoms. The van der Waals surface area contributed by atoms with Crippen LogP contribution >= 0.6 is 0 Å². The van der Waals surface area contributed by atoms with E-state index in [9.17, 15) is 13.6 Å². The second kappa shape index (κ2) is 10.7. The minimum atomic E-state index is -0.473. The Bertz CT molecular complexity index is 1550. The van der Waals surface area contributed by atoms with Gasteiger partial charge in [0, 0.05) is 56.2 Å². The first-order valence-electron chi connectivity index (χ1n) is 13.4. The molecule has 2 fully saturated rings. The Labute approximate surface area is 231 Å². The molecule has 1 atom stereocenters. The highest BCUT2D eigenvalue weighted by molar-refractivity contribution is 6.08. The van der Waals surface area contributed by atoms with Crippen molar-refractivity contribution >= 4 is 28.7 Å². The summed E-state index contributed by atoms with van der Waals surface area (Å²) in [7, 11) is 3.66. The Morgan fingerprint density at radius 3 is 2.67 bits per heavy atom. The van der Waals surface area contributed by atoms with Crippen LogP contribution in [0.4, 0.5) is 26.0 Å². The highest BCUT2D eigenvalue weighted by Crippen LogP contribution is 2.37. The second-order valence-electron chi connectivity index (χ2n) is 10.3. The van der Waals surface area contributed by atoms with E-state index in [4.69, 9.17) is 9.72 Å². The zero-order chi connectivity index (χ0) is 27.8. The SMILES string of the molecule is COc1cc(N2CCN(C)CC2)ccc1C(=O)Nc1cnn2ccc(N3CCCC3c3cc(F)ccc3F)nc12. The van der Waals surface area contributed by atoms with Crippen LogP contribution in [0.5, 0.6) is 5.75 Å². The number of carbonyl (C=O) groups excluding carboxylic acids is 1. The number of halogens is 2. The fourth-order valence-corrected chi connectivity index (χ4v) is 5.56. The molecule has 0 saturated carbocycles. The lowest BCUT2D eigenvalue weighted by atomic mass is 10.0. The molecule has 9 nitrogen and oxygen atoms in total. The van der Waals surface area contributed by atoms with Crippen molar-refractivity contribution in [3.8, 4) is 5.75 Å². The molecule has 0 bridgehead atoms. The summed E-state index contributed by atoms with van der Waals surface area (Å²) in [5.74, 6) is -0.173. The highest BCUT2D eigenvalue weighted by atomic mass is 19.1. The Morgan fingerprint density at radius 1 is 1.05 bits per heavy atom. The van der Waals surface area contributed by atoms with Crippen LogP contribution in [0, 0.1) is 11.6 Å². The zero-order valence-electron chi connectivity index (χ0n) is 22.5. The number of likely N-dealkylation sites (N-methyl/N-ethyl adjacent to an activating group) is 1. The van der Waals surface area contributed by atoms with Gasteiger partial charge in [-0.15, -0.1) is 0 Å². The molecule has 2 aliphatic heterocycles. The number of aromatic nitrogens is 3. The molecule has 2 aromatic heterocycles. The number of hydrogen-bond acceptors (Lipinski definition) is 7. The number of carbonyl (C=O) groups is 1. The molecule has 6 rings (SSSR count). The molecule has 4 aromatic rings. The van der Waals surface area contributed by atoms with Crippen LogP contribution in [0.3, 0.4) is 0 Å². The number of rotatable bonds is 6. The minimum absolute atomic E-state index is 0.313. The van der Waals surface area contributed by atoms with Gasteiger partial charge < -0.3 is 24.8 Å². The van der Waals surface area contributed by atoms with Gasteiger partial charge in [-0.1, -0.05) is 0 Å². The summed E-state index contributed by atoms with van der Waals surface area (Å²) in [5, 5.41) is 7.25. The third kappa shape index (κ3) is 4.92. The van der Waals surface area contributed by atoms with Crippen molar-refractivity contribution in [3.63, 3.8) is 0 Å². The molecule has 2 aromatic carbocycles. The predicted octanol–water partition coefficient (Wildman–Crippen LogP) is 4.36. The van der Waals surface area contributed by atoms with Gasteiger partial charge in [0.25, 0.3) is 5.91 Å². The van der Waals surface area contributed by atoms with Crippen LogP contribution in [-0.2, 0) is 0 Å². The summed E-state index contributed by atoms with van der Waals surface area (Å²) in [6.45, 7) is 4.42. The minimum Gasteiger partial charge on any atom is -0.496 e. The lowest BCUT2D eigenvalue weighted by Crippen LogP contribution is -2.44. The first kappa shape index (κ1) is 26.0. The fourth-order valence-electron chi connectivity index (χ4n) is 5.56. The maximum atomic E-state index is 14.6. The van der Waals surface area contributed by atoms with E-state index in [1.165, 1.54) is 6.07 Å². The first-order chi connectivity index (χ1) is 19.4. The van der Waals surface area contributed by atoms with Crippen molar-refractivity contribution in [2.24, 2.45) is 0 Å². The molecule has 1 unspecified atom stereocenters. The van der Waals surface area contributed by atoms with Gasteiger partial charge in [0.1, 0.15) is 28.9 Å². The smallest absolute Gasteiger partial charge is 0.259 e. The summed E-state index contributed by atoms with van der Waals surface area (Å²) >= 11 is 0. The number of nitrogens with zero attached hydrogens (tertiary/aromatic N) is 6. The monoisotopic (exact) mass is 547 g/mol. The van der Waals surface area contributed by atoms with Crippen LogP contribution in [0.2, 0.25) is 0 Å². The van der Waals surface area contributed by atoms with Crippen LogP contribution in [0.15, 0.2) is 54.9 Å². The molecule has 2 aliphatic rings. The summed E-state index contributed by atoms with van der Waals surface area (Å²) in [5.41, 5.74) is 2.61. The standard InChI is InChI=1S/C29H31F2N7O2/c1-35-12-14-36(15-13-35)20-6-7-21(26(17-20)40-2)29(39)33-24-18-32-38-11-9-27(34-28(24)38)37-10-3-4-25(37)22-16-19(30)5-8-23(22)31/h5-9,11,16-18,25H,3-4,10,12-15H2,1-2H3,(H,33,39). The molecule has 0 aliphatic carbocycles. The van der Waals surface area contributed by atoms with Gasteiger partial charge in [-0.3, -0.25) is 4.79 Å². The normalized spacial score (nSPS) is 17.9. The van der Waals surface area contributed by atoms with E-state index in [1.807, 2.05) is 17.0 Å². The van der Waals surface area contributed by atoms with Crippen molar-refractivity contribution in [1.29, 1.82) is 0 Å². The number of anilines is 3. The Balaban J connectivity index is 1.25. The lowest BCUT2D eigenvalue weighted by molar-refractivity contribution is 0.102. The van der Waals surface area contributed by atoms with Gasteiger partial charge in [-0.05, 0) is 56.3 Å². The quantitative estimate of drug-likeness (QED) is 0.384. The molecule has 11 heteroatoms. The second-order valence-corrected chi connectivity index (χ2v) is 10.3. The van der Waals surface area contributed by atoms with E-state index in [1.54, 1.807) is 36.2 Å². The van der Waals surface area contributed by atoms with E-state index < -0.39 is 11.6 Å². The third-order valence-corrected chi connectivity index (χ3v) is 7.76. The number of hydrogen-bond donors (Lipinski definition) is 1. The Kier molecular flexibility index (Phi) is 6.97. The summed E-state index contributed by atoms with van der Waals surface area (Å²) in [4.78, 5) is 24.7. The average Bonchev–Trinajstić information content (AvgIpc) is 3.61. The van der Waals surface area contributed by atoms with E-state index in [-0.39, 0.29) is 11.9 Å². The summed E-state index contributed by atoms with van der Waals surface area (Å²) in [6.07, 6.45) is 4.79. The van der Waals surface area contributed by atoms with Gasteiger partial charge >= 0.3 is 0 Å². The van der Waals surface area contributed by atoms with Crippen molar-refractivity contribution in [2.75, 3.05) is 62.0 Å². The summed E-state index contributed by atoms with van der Waals surface area (Å²) < 4.78 is 35.7. The van der Waals surface area contributed by atoms with Gasteiger partial charge in [0.05, 0.1) is 24.9 Å². The number of benzene rings is 2. The predicted molar refractivity (Wildman–Crippen MR) is 149 cm³/mol. The highest BCUT2D eigenvalue weighted by Gasteiger charge is 2.30. The molecule has 40 heavy (non-hydrogen) atoms. The molecule has 1 N–H and O–H groups in total. The van der Waals surface area contributed by atoms with Gasteiger partial charge in [-0.25, -0.2) is 18.3 Å². The topological polar surface area (TPSA) is 78.2 Å². The van der Waals surface area contributed by atoms with Crippen molar-refractivity contribution in [2.45, 2.75) is 18.9 Å². The number of methoxy groups -OCH3 is 1. The lowest BCUT2D eigenvalue weighted by Gasteiger charge is -2.34. The molecule has 2 saturated heterocycles. The Morgan fingerprint density at radius 2 is 1.88 bits per heavy atom. The van der Waals surface area contributed by atoms with Gasteiger partial charge in [0.15, 0.2) is 5.65 Å². The molecule has 208 valence electrons. The maximum Gasteiger partial charge on any atom is 0.259 e. The van der Waals surface area contributed by atoms with Gasteiger partial charge in [0.2, 0.25) is 0 Å².